The third-order valence-corrected chi connectivity index (χ3v) is 3.41. The molecule has 1 aromatic carbocycles. The van der Waals surface area contributed by atoms with Crippen LogP contribution < -0.4 is 11.3 Å². The van der Waals surface area contributed by atoms with E-state index in [-0.39, 0.29) is 0 Å². The van der Waals surface area contributed by atoms with Gasteiger partial charge in [-0.3, -0.25) is 11.3 Å². The molecule has 74 valence electrons. The Hall–Kier alpha value is -0.900. The van der Waals surface area contributed by atoms with Gasteiger partial charge in [-0.2, -0.15) is 0 Å². The van der Waals surface area contributed by atoms with Crippen LogP contribution in [0.25, 0.3) is 10.1 Å². The molecule has 0 aliphatic carbocycles. The van der Waals surface area contributed by atoms with E-state index in [1.807, 2.05) is 11.3 Å². The molecule has 3 heteroatoms. The van der Waals surface area contributed by atoms with Crippen molar-refractivity contribution < 1.29 is 0 Å². The molecule has 0 fully saturated rings. The predicted molar refractivity (Wildman–Crippen MR) is 62.3 cm³/mol. The van der Waals surface area contributed by atoms with Gasteiger partial charge in [0.25, 0.3) is 0 Å². The van der Waals surface area contributed by atoms with Gasteiger partial charge < -0.3 is 0 Å². The van der Waals surface area contributed by atoms with Gasteiger partial charge in [0, 0.05) is 15.6 Å². The molecule has 0 aliphatic rings. The molecule has 1 heterocycles. The molecule has 1 aromatic heterocycles. The molecule has 2 rings (SSSR count). The Balaban J connectivity index is 2.27. The molecular weight excluding hydrogens is 192 g/mol. The standard InChI is InChI=1S/C11H14N2S/c1-8(13-12)6-10-7-9-4-2-3-5-11(9)14-10/h2-5,7-8,13H,6,12H2,1H3. The molecule has 0 saturated heterocycles. The lowest BCUT2D eigenvalue weighted by Gasteiger charge is -2.06. The van der Waals surface area contributed by atoms with Gasteiger partial charge in [-0.25, -0.2) is 0 Å². The second kappa shape index (κ2) is 4.09. The van der Waals surface area contributed by atoms with Gasteiger partial charge in [-0.15, -0.1) is 11.3 Å². The maximum atomic E-state index is 5.37. The second-order valence-electron chi connectivity index (χ2n) is 3.52. The summed E-state index contributed by atoms with van der Waals surface area (Å²) in [6.45, 7) is 2.09. The van der Waals surface area contributed by atoms with E-state index in [1.165, 1.54) is 15.0 Å². The third-order valence-electron chi connectivity index (χ3n) is 2.27. The molecule has 0 spiro atoms. The minimum absolute atomic E-state index is 0.336. The molecule has 1 unspecified atom stereocenters. The highest BCUT2D eigenvalue weighted by Crippen LogP contribution is 2.25. The highest BCUT2D eigenvalue weighted by Gasteiger charge is 2.04. The van der Waals surface area contributed by atoms with Crippen molar-refractivity contribution in [2.75, 3.05) is 0 Å². The van der Waals surface area contributed by atoms with Crippen molar-refractivity contribution in [3.05, 3.63) is 35.2 Å². The highest BCUT2D eigenvalue weighted by molar-refractivity contribution is 7.19. The Morgan fingerprint density at radius 2 is 2.21 bits per heavy atom. The smallest absolute Gasteiger partial charge is 0.0345 e. The summed E-state index contributed by atoms with van der Waals surface area (Å²) in [7, 11) is 0. The average Bonchev–Trinajstić information content (AvgIpc) is 2.59. The predicted octanol–water partition coefficient (Wildman–Crippen LogP) is 2.30. The highest BCUT2D eigenvalue weighted by atomic mass is 32.1. The van der Waals surface area contributed by atoms with E-state index in [2.05, 4.69) is 42.7 Å². The number of nitrogens with two attached hydrogens (primary N) is 1. The summed E-state index contributed by atoms with van der Waals surface area (Å²) in [4.78, 5) is 1.39. The largest absolute Gasteiger partial charge is 0.271 e. The van der Waals surface area contributed by atoms with Crippen LogP contribution in [0.3, 0.4) is 0 Å². The quantitative estimate of drug-likeness (QED) is 0.597. The Bertz CT molecular complexity index is 389. The Morgan fingerprint density at radius 1 is 1.43 bits per heavy atom. The summed E-state index contributed by atoms with van der Waals surface area (Å²) >= 11 is 1.85. The molecule has 0 aliphatic heterocycles. The van der Waals surface area contributed by atoms with Crippen LogP contribution in [0.4, 0.5) is 0 Å². The number of hydrazine groups is 1. The average molecular weight is 206 g/mol. The zero-order valence-electron chi connectivity index (χ0n) is 8.16. The Kier molecular flexibility index (Phi) is 2.82. The van der Waals surface area contributed by atoms with Crippen LogP contribution in [-0.4, -0.2) is 6.04 Å². The number of hydrogen-bond acceptors (Lipinski definition) is 3. The summed E-state index contributed by atoms with van der Waals surface area (Å²) in [6.07, 6.45) is 0.996. The monoisotopic (exact) mass is 206 g/mol. The van der Waals surface area contributed by atoms with Gasteiger partial charge in [0.2, 0.25) is 0 Å². The van der Waals surface area contributed by atoms with Crippen molar-refractivity contribution in [3.63, 3.8) is 0 Å². The zero-order chi connectivity index (χ0) is 9.97. The van der Waals surface area contributed by atoms with Crippen LogP contribution in [0, 0.1) is 0 Å². The molecule has 0 radical (unpaired) electrons. The van der Waals surface area contributed by atoms with Gasteiger partial charge in [0.15, 0.2) is 0 Å². The van der Waals surface area contributed by atoms with E-state index in [4.69, 9.17) is 5.84 Å². The maximum Gasteiger partial charge on any atom is 0.0345 e. The van der Waals surface area contributed by atoms with Crippen molar-refractivity contribution >= 4 is 21.4 Å². The molecule has 14 heavy (non-hydrogen) atoms. The summed E-state index contributed by atoms with van der Waals surface area (Å²) in [6, 6.07) is 11.0. The van der Waals surface area contributed by atoms with Crippen LogP contribution in [-0.2, 0) is 6.42 Å². The lowest BCUT2D eigenvalue weighted by molar-refractivity contribution is 0.571. The van der Waals surface area contributed by atoms with E-state index in [9.17, 15) is 0 Å². The molecule has 3 N–H and O–H groups in total. The Labute approximate surface area is 87.7 Å². The molecular formula is C11H14N2S. The van der Waals surface area contributed by atoms with E-state index in [0.29, 0.717) is 6.04 Å². The van der Waals surface area contributed by atoms with Crippen LogP contribution in [0.5, 0.6) is 0 Å². The topological polar surface area (TPSA) is 38.0 Å². The first-order chi connectivity index (χ1) is 6.79. The number of rotatable bonds is 3. The number of thiophene rings is 1. The first kappa shape index (κ1) is 9.65. The van der Waals surface area contributed by atoms with Crippen molar-refractivity contribution in [2.24, 2.45) is 5.84 Å². The second-order valence-corrected chi connectivity index (χ2v) is 4.69. The van der Waals surface area contributed by atoms with Gasteiger partial charge >= 0.3 is 0 Å². The lowest BCUT2D eigenvalue weighted by Crippen LogP contribution is -2.33. The van der Waals surface area contributed by atoms with Crippen LogP contribution in [0.15, 0.2) is 30.3 Å². The van der Waals surface area contributed by atoms with E-state index in [0.717, 1.165) is 6.42 Å². The number of hydrogen-bond donors (Lipinski definition) is 2. The van der Waals surface area contributed by atoms with Crippen molar-refractivity contribution in [2.45, 2.75) is 19.4 Å². The molecule has 2 nitrogen and oxygen atoms in total. The molecule has 0 bridgehead atoms. The number of nitrogens with one attached hydrogen (secondary N) is 1. The summed E-state index contributed by atoms with van der Waals surface area (Å²) in [5.74, 6) is 5.37. The minimum atomic E-state index is 0.336. The van der Waals surface area contributed by atoms with Crippen molar-refractivity contribution in [3.8, 4) is 0 Å². The number of fused-ring (bicyclic) bond motifs is 1. The third kappa shape index (κ3) is 1.95. The minimum Gasteiger partial charge on any atom is -0.271 e. The van der Waals surface area contributed by atoms with Gasteiger partial charge in [-0.1, -0.05) is 18.2 Å². The van der Waals surface area contributed by atoms with Gasteiger partial charge in [0.1, 0.15) is 0 Å². The molecule has 0 saturated carbocycles. The fourth-order valence-corrected chi connectivity index (χ4v) is 2.69. The van der Waals surface area contributed by atoms with Gasteiger partial charge in [-0.05, 0) is 30.9 Å². The van der Waals surface area contributed by atoms with Crippen molar-refractivity contribution in [1.29, 1.82) is 0 Å². The van der Waals surface area contributed by atoms with E-state index < -0.39 is 0 Å². The van der Waals surface area contributed by atoms with E-state index >= 15 is 0 Å². The Morgan fingerprint density at radius 3 is 2.93 bits per heavy atom. The maximum absolute atomic E-state index is 5.37. The molecule has 1 atom stereocenters. The summed E-state index contributed by atoms with van der Waals surface area (Å²) < 4.78 is 1.35. The first-order valence-electron chi connectivity index (χ1n) is 4.73. The number of benzene rings is 1. The normalized spacial score (nSPS) is 13.3. The molecule has 2 aromatic rings. The van der Waals surface area contributed by atoms with Crippen LogP contribution in [0.2, 0.25) is 0 Å². The summed E-state index contributed by atoms with van der Waals surface area (Å²) in [5, 5.41) is 1.33. The summed E-state index contributed by atoms with van der Waals surface area (Å²) in [5.41, 5.74) is 2.76. The van der Waals surface area contributed by atoms with Crippen molar-refractivity contribution in [1.82, 2.24) is 5.43 Å². The fraction of sp³-hybridized carbons (Fsp3) is 0.273. The van der Waals surface area contributed by atoms with Crippen LogP contribution in [0.1, 0.15) is 11.8 Å². The lowest BCUT2D eigenvalue weighted by atomic mass is 10.2. The van der Waals surface area contributed by atoms with Crippen LogP contribution >= 0.6 is 11.3 Å². The fourth-order valence-electron chi connectivity index (χ4n) is 1.50. The first-order valence-corrected chi connectivity index (χ1v) is 5.55. The zero-order valence-corrected chi connectivity index (χ0v) is 8.97. The van der Waals surface area contributed by atoms with E-state index in [1.54, 1.807) is 0 Å². The SMILES string of the molecule is CC(Cc1cc2ccccc2s1)NN. The van der Waals surface area contributed by atoms with Gasteiger partial charge in [0.05, 0.1) is 0 Å². The molecule has 0 amide bonds.